The monoisotopic (exact) mass is 282 g/mol. The van der Waals surface area contributed by atoms with E-state index in [9.17, 15) is 0 Å². The number of nitrogens with zero attached hydrogens (tertiary/aromatic N) is 1. The molecular formula is C19H26N2. The molecule has 1 aromatic carbocycles. The molecule has 21 heavy (non-hydrogen) atoms. The molecule has 2 heteroatoms. The second-order valence-corrected chi connectivity index (χ2v) is 7.09. The van der Waals surface area contributed by atoms with E-state index in [1.165, 1.54) is 74.6 Å². The molecule has 0 atom stereocenters. The number of rotatable bonds is 5. The maximum absolute atomic E-state index is 3.40. The lowest BCUT2D eigenvalue weighted by Crippen LogP contribution is -2.35. The van der Waals surface area contributed by atoms with E-state index in [2.05, 4.69) is 40.3 Å². The number of benzene rings is 1. The van der Waals surface area contributed by atoms with Gasteiger partial charge >= 0.3 is 0 Å². The molecule has 112 valence electrons. The van der Waals surface area contributed by atoms with Gasteiger partial charge in [-0.05, 0) is 75.1 Å². The summed E-state index contributed by atoms with van der Waals surface area (Å²) in [5, 5.41) is 1.42. The fraction of sp³-hybridized carbons (Fsp3) is 0.579. The van der Waals surface area contributed by atoms with Crippen LogP contribution in [0.1, 0.15) is 37.7 Å². The fourth-order valence-electron chi connectivity index (χ4n) is 3.82. The summed E-state index contributed by atoms with van der Waals surface area (Å²) in [5.74, 6) is 1.99. The number of aromatic nitrogens is 1. The van der Waals surface area contributed by atoms with E-state index < -0.39 is 0 Å². The predicted octanol–water partition coefficient (Wildman–Crippen LogP) is 4.22. The highest BCUT2D eigenvalue weighted by Crippen LogP contribution is 2.32. The molecule has 2 aromatic rings. The summed E-state index contributed by atoms with van der Waals surface area (Å²) in [6.45, 7) is 4.07. The average molecular weight is 282 g/mol. The third-order valence-electron chi connectivity index (χ3n) is 5.42. The van der Waals surface area contributed by atoms with Gasteiger partial charge in [0.15, 0.2) is 0 Å². The second-order valence-electron chi connectivity index (χ2n) is 7.09. The lowest BCUT2D eigenvalue weighted by molar-refractivity contribution is 0.173. The van der Waals surface area contributed by atoms with Gasteiger partial charge in [-0.25, -0.2) is 0 Å². The van der Waals surface area contributed by atoms with Gasteiger partial charge < -0.3 is 9.88 Å². The Morgan fingerprint density at radius 3 is 2.62 bits per heavy atom. The standard InChI is InChI=1S/C19H26N2/c1-2-4-19-18(3-1)17(13-20-19)8-7-15-9-11-21(12-10-15)14-16-5-6-16/h1-4,13,15-16,20H,5-12,14H2. The van der Waals surface area contributed by atoms with E-state index in [4.69, 9.17) is 0 Å². The highest BCUT2D eigenvalue weighted by atomic mass is 15.1. The Labute approximate surface area is 127 Å². The van der Waals surface area contributed by atoms with Crippen LogP contribution in [0.4, 0.5) is 0 Å². The molecule has 0 unspecified atom stereocenters. The minimum Gasteiger partial charge on any atom is -0.361 e. The number of H-pyrrole nitrogens is 1. The number of aromatic amines is 1. The van der Waals surface area contributed by atoms with Gasteiger partial charge in [0, 0.05) is 23.6 Å². The molecule has 2 nitrogen and oxygen atoms in total. The number of para-hydroxylation sites is 1. The minimum absolute atomic E-state index is 0.939. The first-order chi connectivity index (χ1) is 10.4. The van der Waals surface area contributed by atoms with Crippen molar-refractivity contribution in [3.05, 3.63) is 36.0 Å². The van der Waals surface area contributed by atoms with Crippen LogP contribution < -0.4 is 0 Å². The molecule has 0 amide bonds. The van der Waals surface area contributed by atoms with Crippen LogP contribution in [0.3, 0.4) is 0 Å². The number of fused-ring (bicyclic) bond motifs is 1. The van der Waals surface area contributed by atoms with Crippen LogP contribution in [0.2, 0.25) is 0 Å². The van der Waals surface area contributed by atoms with Crippen LogP contribution in [-0.2, 0) is 6.42 Å². The van der Waals surface area contributed by atoms with Gasteiger partial charge in [-0.2, -0.15) is 0 Å². The van der Waals surface area contributed by atoms with Crippen molar-refractivity contribution in [3.8, 4) is 0 Å². The molecule has 0 spiro atoms. The summed E-state index contributed by atoms with van der Waals surface area (Å²) in [4.78, 5) is 6.11. The molecular weight excluding hydrogens is 256 g/mol. The van der Waals surface area contributed by atoms with Gasteiger partial charge in [-0.3, -0.25) is 0 Å². The molecule has 4 rings (SSSR count). The molecule has 0 bridgehead atoms. The molecule has 1 N–H and O–H groups in total. The molecule has 0 radical (unpaired) electrons. The predicted molar refractivity (Wildman–Crippen MR) is 88.5 cm³/mol. The largest absolute Gasteiger partial charge is 0.361 e. The minimum atomic E-state index is 0.939. The maximum Gasteiger partial charge on any atom is 0.0456 e. The first-order valence-corrected chi connectivity index (χ1v) is 8.66. The Morgan fingerprint density at radius 2 is 1.81 bits per heavy atom. The summed E-state index contributed by atoms with van der Waals surface area (Å²) in [5.41, 5.74) is 2.79. The summed E-state index contributed by atoms with van der Waals surface area (Å²) >= 11 is 0. The van der Waals surface area contributed by atoms with Crippen molar-refractivity contribution < 1.29 is 0 Å². The summed E-state index contributed by atoms with van der Waals surface area (Å²) in [6.07, 6.45) is 10.6. The van der Waals surface area contributed by atoms with Gasteiger partial charge in [0.2, 0.25) is 0 Å². The SMILES string of the molecule is c1ccc2c(CCC3CCN(CC4CC4)CC3)c[nH]c2c1. The van der Waals surface area contributed by atoms with Crippen LogP contribution >= 0.6 is 0 Å². The average Bonchev–Trinajstić information content (AvgIpc) is 3.25. The van der Waals surface area contributed by atoms with E-state index >= 15 is 0 Å². The van der Waals surface area contributed by atoms with Crippen LogP contribution in [-0.4, -0.2) is 29.5 Å². The molecule has 2 heterocycles. The summed E-state index contributed by atoms with van der Waals surface area (Å²) in [7, 11) is 0. The van der Waals surface area contributed by atoms with Crippen molar-refractivity contribution in [1.82, 2.24) is 9.88 Å². The van der Waals surface area contributed by atoms with Gasteiger partial charge in [-0.1, -0.05) is 18.2 Å². The van der Waals surface area contributed by atoms with Crippen LogP contribution in [0.15, 0.2) is 30.5 Å². The van der Waals surface area contributed by atoms with Gasteiger partial charge in [0.1, 0.15) is 0 Å². The highest BCUT2D eigenvalue weighted by Gasteiger charge is 2.26. The molecule has 1 saturated carbocycles. The van der Waals surface area contributed by atoms with Gasteiger partial charge in [-0.15, -0.1) is 0 Å². The molecule has 1 aliphatic heterocycles. The number of nitrogens with one attached hydrogen (secondary N) is 1. The molecule has 1 aliphatic carbocycles. The van der Waals surface area contributed by atoms with Crippen molar-refractivity contribution in [2.75, 3.05) is 19.6 Å². The molecule has 1 aromatic heterocycles. The topological polar surface area (TPSA) is 19.0 Å². The van der Waals surface area contributed by atoms with E-state index in [1.807, 2.05) is 0 Å². The Balaban J connectivity index is 1.29. The van der Waals surface area contributed by atoms with E-state index in [-0.39, 0.29) is 0 Å². The Morgan fingerprint density at radius 1 is 1.00 bits per heavy atom. The van der Waals surface area contributed by atoms with E-state index in [0.717, 1.165) is 11.8 Å². The zero-order chi connectivity index (χ0) is 14.1. The first kappa shape index (κ1) is 13.4. The quantitative estimate of drug-likeness (QED) is 0.870. The third kappa shape index (κ3) is 3.16. The van der Waals surface area contributed by atoms with Crippen molar-refractivity contribution in [1.29, 1.82) is 0 Å². The normalized spacial score (nSPS) is 21.1. The Hall–Kier alpha value is -1.28. The number of hydrogen-bond donors (Lipinski definition) is 1. The van der Waals surface area contributed by atoms with Gasteiger partial charge in [0.25, 0.3) is 0 Å². The second kappa shape index (κ2) is 5.84. The van der Waals surface area contributed by atoms with Crippen molar-refractivity contribution in [2.45, 2.75) is 38.5 Å². The van der Waals surface area contributed by atoms with Crippen molar-refractivity contribution >= 4 is 10.9 Å². The van der Waals surface area contributed by atoms with Crippen LogP contribution in [0.5, 0.6) is 0 Å². The van der Waals surface area contributed by atoms with Crippen molar-refractivity contribution in [2.24, 2.45) is 11.8 Å². The number of likely N-dealkylation sites (tertiary alicyclic amines) is 1. The fourth-order valence-corrected chi connectivity index (χ4v) is 3.82. The number of aryl methyl sites for hydroxylation is 1. The lowest BCUT2D eigenvalue weighted by Gasteiger charge is -2.32. The number of piperidine rings is 1. The zero-order valence-electron chi connectivity index (χ0n) is 12.9. The smallest absolute Gasteiger partial charge is 0.0456 e. The van der Waals surface area contributed by atoms with E-state index in [1.54, 1.807) is 0 Å². The van der Waals surface area contributed by atoms with E-state index in [0.29, 0.717) is 0 Å². The lowest BCUT2D eigenvalue weighted by atomic mass is 9.90. The van der Waals surface area contributed by atoms with Crippen molar-refractivity contribution in [3.63, 3.8) is 0 Å². The third-order valence-corrected chi connectivity index (χ3v) is 5.42. The number of hydrogen-bond acceptors (Lipinski definition) is 1. The zero-order valence-corrected chi connectivity index (χ0v) is 12.9. The Kier molecular flexibility index (Phi) is 3.72. The summed E-state index contributed by atoms with van der Waals surface area (Å²) in [6, 6.07) is 8.68. The summed E-state index contributed by atoms with van der Waals surface area (Å²) < 4.78 is 0. The first-order valence-electron chi connectivity index (χ1n) is 8.66. The van der Waals surface area contributed by atoms with Crippen LogP contribution in [0.25, 0.3) is 10.9 Å². The molecule has 1 saturated heterocycles. The molecule has 2 aliphatic rings. The Bertz CT molecular complexity index is 588. The van der Waals surface area contributed by atoms with Crippen LogP contribution in [0, 0.1) is 11.8 Å². The molecule has 2 fully saturated rings. The van der Waals surface area contributed by atoms with Gasteiger partial charge in [0.05, 0.1) is 0 Å². The highest BCUT2D eigenvalue weighted by molar-refractivity contribution is 5.82. The maximum atomic E-state index is 3.40.